The number of hydrogen-bond acceptors (Lipinski definition) is 6. The number of benzene rings is 1. The van der Waals surface area contributed by atoms with Crippen LogP contribution in [0.4, 0.5) is 11.6 Å². The fourth-order valence-electron chi connectivity index (χ4n) is 3.34. The average Bonchev–Trinajstić information content (AvgIpc) is 3.49. The molecule has 2 aromatic heterocycles. The third kappa shape index (κ3) is 5.44. The minimum atomic E-state index is 0.646. The standard InChI is InChI=1S/C17H16BrN5.C5H12N2/c1-2-3-15-19-13-7-6-11(18)8-12(13)17(20-15)21-16-9-14(22-23-16)10-4-5-10;1-7-4-2-6-3-5-7/h2-3,6-10H,4-5H2,1H3,(H2,19,20,21,22,23);6H,2-5H2,1H3/b3-2+;. The first-order chi connectivity index (χ1) is 14.6. The second-order valence-electron chi connectivity index (χ2n) is 7.75. The first-order valence-corrected chi connectivity index (χ1v) is 11.2. The van der Waals surface area contributed by atoms with Crippen LogP contribution in [0.2, 0.25) is 0 Å². The lowest BCUT2D eigenvalue weighted by atomic mass is 10.2. The third-order valence-electron chi connectivity index (χ3n) is 5.19. The number of piperazine rings is 1. The zero-order chi connectivity index (χ0) is 20.9. The molecule has 3 N–H and O–H groups in total. The van der Waals surface area contributed by atoms with Crippen LogP contribution in [0.3, 0.4) is 0 Å². The van der Waals surface area contributed by atoms with Crippen molar-refractivity contribution in [1.29, 1.82) is 0 Å². The molecule has 0 bridgehead atoms. The number of nitrogens with one attached hydrogen (secondary N) is 3. The summed E-state index contributed by atoms with van der Waals surface area (Å²) in [6.07, 6.45) is 6.32. The van der Waals surface area contributed by atoms with Gasteiger partial charge in [0.15, 0.2) is 11.6 Å². The van der Waals surface area contributed by atoms with E-state index in [2.05, 4.69) is 64.7 Å². The highest BCUT2D eigenvalue weighted by Crippen LogP contribution is 2.39. The lowest BCUT2D eigenvalue weighted by Crippen LogP contribution is -2.40. The van der Waals surface area contributed by atoms with Crippen LogP contribution in [0, 0.1) is 0 Å². The van der Waals surface area contributed by atoms with Crippen molar-refractivity contribution in [2.75, 3.05) is 38.5 Å². The van der Waals surface area contributed by atoms with E-state index in [0.29, 0.717) is 11.7 Å². The van der Waals surface area contributed by atoms with Crippen LogP contribution in [0.5, 0.6) is 0 Å². The van der Waals surface area contributed by atoms with Crippen molar-refractivity contribution in [2.24, 2.45) is 0 Å². The number of fused-ring (bicyclic) bond motifs is 1. The first-order valence-electron chi connectivity index (χ1n) is 10.4. The maximum absolute atomic E-state index is 4.61. The fourth-order valence-corrected chi connectivity index (χ4v) is 3.70. The molecule has 158 valence electrons. The number of anilines is 2. The highest BCUT2D eigenvalue weighted by Gasteiger charge is 2.25. The van der Waals surface area contributed by atoms with E-state index < -0.39 is 0 Å². The minimum Gasteiger partial charge on any atom is -0.323 e. The van der Waals surface area contributed by atoms with Gasteiger partial charge in [-0.2, -0.15) is 5.10 Å². The van der Waals surface area contributed by atoms with E-state index in [4.69, 9.17) is 0 Å². The largest absolute Gasteiger partial charge is 0.323 e. The van der Waals surface area contributed by atoms with Gasteiger partial charge in [0.1, 0.15) is 5.82 Å². The normalized spacial score (nSPS) is 17.2. The van der Waals surface area contributed by atoms with Crippen LogP contribution in [-0.2, 0) is 0 Å². The van der Waals surface area contributed by atoms with Crippen molar-refractivity contribution in [3.63, 3.8) is 0 Å². The van der Waals surface area contributed by atoms with Crippen LogP contribution in [-0.4, -0.2) is 58.3 Å². The zero-order valence-electron chi connectivity index (χ0n) is 17.5. The molecule has 0 unspecified atom stereocenters. The Kier molecular flexibility index (Phi) is 6.76. The fraction of sp³-hybridized carbons (Fsp3) is 0.409. The molecule has 1 saturated heterocycles. The van der Waals surface area contributed by atoms with Gasteiger partial charge < -0.3 is 15.5 Å². The van der Waals surface area contributed by atoms with Crippen molar-refractivity contribution < 1.29 is 0 Å². The topological polar surface area (TPSA) is 81.8 Å². The molecule has 0 amide bonds. The maximum Gasteiger partial charge on any atom is 0.154 e. The lowest BCUT2D eigenvalue weighted by Gasteiger charge is -2.21. The summed E-state index contributed by atoms with van der Waals surface area (Å²) < 4.78 is 0.996. The molecule has 3 heterocycles. The first kappa shape index (κ1) is 21.0. The van der Waals surface area contributed by atoms with Gasteiger partial charge in [0.2, 0.25) is 0 Å². The van der Waals surface area contributed by atoms with Gasteiger partial charge in [-0.15, -0.1) is 0 Å². The van der Waals surface area contributed by atoms with E-state index in [1.807, 2.05) is 37.3 Å². The van der Waals surface area contributed by atoms with Gasteiger partial charge in [-0.1, -0.05) is 22.0 Å². The number of aromatic amines is 1. The quantitative estimate of drug-likeness (QED) is 0.528. The summed E-state index contributed by atoms with van der Waals surface area (Å²) in [6, 6.07) is 8.06. The predicted octanol–water partition coefficient (Wildman–Crippen LogP) is 4.29. The summed E-state index contributed by atoms with van der Waals surface area (Å²) in [6.45, 7) is 6.70. The monoisotopic (exact) mass is 469 g/mol. The molecule has 2 fully saturated rings. The Labute approximate surface area is 185 Å². The van der Waals surface area contributed by atoms with Gasteiger partial charge in [-0.05, 0) is 51.1 Å². The van der Waals surface area contributed by atoms with Crippen molar-refractivity contribution in [2.45, 2.75) is 25.7 Å². The van der Waals surface area contributed by atoms with Crippen molar-refractivity contribution in [1.82, 2.24) is 30.4 Å². The number of hydrogen-bond donors (Lipinski definition) is 3. The Balaban J connectivity index is 0.000000265. The zero-order valence-corrected chi connectivity index (χ0v) is 19.0. The molecular formula is C22H28BrN7. The van der Waals surface area contributed by atoms with E-state index >= 15 is 0 Å². The Morgan fingerprint density at radius 1 is 1.17 bits per heavy atom. The van der Waals surface area contributed by atoms with Gasteiger partial charge in [0.05, 0.1) is 5.52 Å². The molecule has 1 saturated carbocycles. The predicted molar refractivity (Wildman–Crippen MR) is 126 cm³/mol. The van der Waals surface area contributed by atoms with Crippen LogP contribution >= 0.6 is 15.9 Å². The molecule has 8 heteroatoms. The van der Waals surface area contributed by atoms with E-state index in [0.717, 1.165) is 40.1 Å². The smallest absolute Gasteiger partial charge is 0.154 e. The highest BCUT2D eigenvalue weighted by atomic mass is 79.9. The molecule has 0 radical (unpaired) electrons. The second-order valence-corrected chi connectivity index (χ2v) is 8.67. The molecule has 0 atom stereocenters. The van der Waals surface area contributed by atoms with Crippen LogP contribution in [0.1, 0.15) is 37.2 Å². The lowest BCUT2D eigenvalue weighted by molar-refractivity contribution is 0.291. The molecule has 0 spiro atoms. The summed E-state index contributed by atoms with van der Waals surface area (Å²) in [5, 5.41) is 15.0. The molecule has 1 aliphatic carbocycles. The summed E-state index contributed by atoms with van der Waals surface area (Å²) in [7, 11) is 2.15. The maximum atomic E-state index is 4.61. The van der Waals surface area contributed by atoms with Crippen molar-refractivity contribution >= 4 is 44.5 Å². The van der Waals surface area contributed by atoms with E-state index in [1.54, 1.807) is 0 Å². The minimum absolute atomic E-state index is 0.646. The van der Waals surface area contributed by atoms with Gasteiger partial charge in [0.25, 0.3) is 0 Å². The van der Waals surface area contributed by atoms with Crippen LogP contribution in [0.15, 0.2) is 34.8 Å². The van der Waals surface area contributed by atoms with Crippen molar-refractivity contribution in [3.05, 3.63) is 46.3 Å². The van der Waals surface area contributed by atoms with Crippen molar-refractivity contribution in [3.8, 4) is 0 Å². The number of halogens is 1. The molecular weight excluding hydrogens is 442 g/mol. The molecule has 7 nitrogen and oxygen atoms in total. The third-order valence-corrected chi connectivity index (χ3v) is 5.69. The number of rotatable bonds is 4. The molecule has 3 aromatic rings. The number of likely N-dealkylation sites (N-methyl/N-ethyl adjacent to an activating group) is 1. The molecule has 1 aromatic carbocycles. The van der Waals surface area contributed by atoms with E-state index in [1.165, 1.54) is 31.6 Å². The van der Waals surface area contributed by atoms with Gasteiger partial charge in [-0.25, -0.2) is 9.97 Å². The average molecular weight is 470 g/mol. The SMILES string of the molecule is C/C=C/c1nc(Nc2cc(C3CC3)[nH]n2)c2cc(Br)ccc2n1.CN1CCNCC1. The molecule has 5 rings (SSSR count). The number of nitrogens with zero attached hydrogens (tertiary/aromatic N) is 4. The molecule has 2 aliphatic rings. The molecule has 1 aliphatic heterocycles. The summed E-state index contributed by atoms with van der Waals surface area (Å²) >= 11 is 3.51. The Morgan fingerprint density at radius 3 is 2.63 bits per heavy atom. The summed E-state index contributed by atoms with van der Waals surface area (Å²) in [5.41, 5.74) is 2.09. The summed E-state index contributed by atoms with van der Waals surface area (Å²) in [5.74, 6) is 2.88. The Bertz CT molecular complexity index is 1020. The number of aromatic nitrogens is 4. The van der Waals surface area contributed by atoms with Crippen LogP contribution in [0.25, 0.3) is 17.0 Å². The van der Waals surface area contributed by atoms with Gasteiger partial charge >= 0.3 is 0 Å². The number of H-pyrrole nitrogens is 1. The molecule has 30 heavy (non-hydrogen) atoms. The van der Waals surface area contributed by atoms with Crippen LogP contribution < -0.4 is 10.6 Å². The highest BCUT2D eigenvalue weighted by molar-refractivity contribution is 9.10. The summed E-state index contributed by atoms with van der Waals surface area (Å²) in [4.78, 5) is 11.5. The Morgan fingerprint density at radius 2 is 1.97 bits per heavy atom. The number of allylic oxidation sites excluding steroid dienone is 1. The second kappa shape index (κ2) is 9.68. The van der Waals surface area contributed by atoms with Gasteiger partial charge in [-0.3, -0.25) is 5.10 Å². The van der Waals surface area contributed by atoms with Gasteiger partial charge in [0, 0.05) is 53.7 Å². The van der Waals surface area contributed by atoms with E-state index in [9.17, 15) is 0 Å². The Hall–Kier alpha value is -2.29. The van der Waals surface area contributed by atoms with E-state index in [-0.39, 0.29) is 0 Å².